The first kappa shape index (κ1) is 15.2. The van der Waals surface area contributed by atoms with Crippen molar-refractivity contribution in [1.82, 2.24) is 20.2 Å². The average molecular weight is 288 g/mol. The maximum absolute atomic E-state index is 12.0. The Kier molecular flexibility index (Phi) is 4.70. The van der Waals surface area contributed by atoms with Gasteiger partial charge in [-0.3, -0.25) is 14.5 Å². The molecular formula is C15H20N4O2. The van der Waals surface area contributed by atoms with Gasteiger partial charge in [0.1, 0.15) is 5.82 Å². The molecule has 1 aromatic heterocycles. The quantitative estimate of drug-likeness (QED) is 0.856. The van der Waals surface area contributed by atoms with Gasteiger partial charge in [-0.05, 0) is 33.0 Å². The number of carbonyl (C=O) groups excluding carboxylic acids is 1. The Balaban J connectivity index is 2.09. The average Bonchev–Trinajstić information content (AvgIpc) is 2.37. The molecule has 2 N–H and O–H groups in total. The summed E-state index contributed by atoms with van der Waals surface area (Å²) in [6, 6.07) is 7.31. The van der Waals surface area contributed by atoms with Gasteiger partial charge in [0.25, 0.3) is 5.56 Å². The first-order chi connectivity index (χ1) is 9.95. The van der Waals surface area contributed by atoms with Gasteiger partial charge < -0.3 is 10.3 Å². The topological polar surface area (TPSA) is 78.1 Å². The van der Waals surface area contributed by atoms with Gasteiger partial charge in [0, 0.05) is 6.04 Å². The smallest absolute Gasteiger partial charge is 0.258 e. The molecule has 0 aliphatic heterocycles. The molecule has 6 heteroatoms. The van der Waals surface area contributed by atoms with Crippen molar-refractivity contribution in [3.05, 3.63) is 40.4 Å². The van der Waals surface area contributed by atoms with Crippen LogP contribution in [0, 0.1) is 0 Å². The Morgan fingerprint density at radius 2 is 2.10 bits per heavy atom. The van der Waals surface area contributed by atoms with Crippen molar-refractivity contribution < 1.29 is 4.79 Å². The van der Waals surface area contributed by atoms with Gasteiger partial charge in [-0.25, -0.2) is 4.98 Å². The number of fused-ring (bicyclic) bond motifs is 1. The third-order valence-corrected chi connectivity index (χ3v) is 2.94. The van der Waals surface area contributed by atoms with Gasteiger partial charge in [0.15, 0.2) is 0 Å². The normalized spacial score (nSPS) is 11.3. The summed E-state index contributed by atoms with van der Waals surface area (Å²) >= 11 is 0. The number of para-hydroxylation sites is 1. The van der Waals surface area contributed by atoms with E-state index in [0.29, 0.717) is 23.3 Å². The first-order valence-corrected chi connectivity index (χ1v) is 6.91. The number of hydrogen-bond acceptors (Lipinski definition) is 4. The van der Waals surface area contributed by atoms with E-state index < -0.39 is 0 Å². The SMILES string of the molecule is CC(C)NC(=O)CN(C)Cc1nc2ccccc2c(=O)[nH]1. The Bertz CT molecular complexity index is 693. The largest absolute Gasteiger partial charge is 0.353 e. The van der Waals surface area contributed by atoms with E-state index in [-0.39, 0.29) is 24.1 Å². The Hall–Kier alpha value is -2.21. The predicted octanol–water partition coefficient (Wildman–Crippen LogP) is 0.879. The summed E-state index contributed by atoms with van der Waals surface area (Å²) in [7, 11) is 1.81. The van der Waals surface area contributed by atoms with E-state index in [2.05, 4.69) is 15.3 Å². The highest BCUT2D eigenvalue weighted by molar-refractivity contribution is 5.78. The van der Waals surface area contributed by atoms with Crippen LogP contribution in [-0.2, 0) is 11.3 Å². The number of benzene rings is 1. The first-order valence-electron chi connectivity index (χ1n) is 6.91. The number of rotatable bonds is 5. The van der Waals surface area contributed by atoms with E-state index in [1.807, 2.05) is 31.9 Å². The van der Waals surface area contributed by atoms with Crippen LogP contribution in [-0.4, -0.2) is 40.4 Å². The summed E-state index contributed by atoms with van der Waals surface area (Å²) in [4.78, 5) is 32.6. The molecule has 2 aromatic rings. The number of aromatic nitrogens is 2. The van der Waals surface area contributed by atoms with Gasteiger partial charge in [0.2, 0.25) is 5.91 Å². The predicted molar refractivity (Wildman–Crippen MR) is 82.0 cm³/mol. The molecule has 0 atom stereocenters. The molecule has 0 unspecified atom stereocenters. The Morgan fingerprint density at radius 3 is 2.81 bits per heavy atom. The zero-order valence-electron chi connectivity index (χ0n) is 12.5. The molecule has 0 spiro atoms. The van der Waals surface area contributed by atoms with E-state index in [1.165, 1.54) is 0 Å². The number of nitrogens with zero attached hydrogens (tertiary/aromatic N) is 2. The minimum absolute atomic E-state index is 0.0457. The fourth-order valence-corrected chi connectivity index (χ4v) is 2.13. The van der Waals surface area contributed by atoms with Crippen molar-refractivity contribution in [2.75, 3.05) is 13.6 Å². The van der Waals surface area contributed by atoms with E-state index in [9.17, 15) is 9.59 Å². The number of carbonyl (C=O) groups is 1. The summed E-state index contributed by atoms with van der Waals surface area (Å²) < 4.78 is 0. The molecule has 112 valence electrons. The van der Waals surface area contributed by atoms with Gasteiger partial charge in [-0.2, -0.15) is 0 Å². The van der Waals surface area contributed by atoms with E-state index in [1.54, 1.807) is 18.2 Å². The van der Waals surface area contributed by atoms with Crippen molar-refractivity contribution in [2.24, 2.45) is 0 Å². The number of aromatic amines is 1. The van der Waals surface area contributed by atoms with Crippen molar-refractivity contribution in [1.29, 1.82) is 0 Å². The highest BCUT2D eigenvalue weighted by atomic mass is 16.2. The summed E-state index contributed by atoms with van der Waals surface area (Å²) in [5.41, 5.74) is 0.506. The minimum Gasteiger partial charge on any atom is -0.353 e. The monoisotopic (exact) mass is 288 g/mol. The third kappa shape index (κ3) is 4.13. The molecule has 0 saturated heterocycles. The Labute approximate surface area is 123 Å². The molecule has 0 bridgehead atoms. The second kappa shape index (κ2) is 6.49. The molecule has 21 heavy (non-hydrogen) atoms. The fourth-order valence-electron chi connectivity index (χ4n) is 2.13. The fraction of sp³-hybridized carbons (Fsp3) is 0.400. The third-order valence-electron chi connectivity index (χ3n) is 2.94. The van der Waals surface area contributed by atoms with Crippen LogP contribution in [0.4, 0.5) is 0 Å². The van der Waals surface area contributed by atoms with Crippen molar-refractivity contribution in [3.63, 3.8) is 0 Å². The second-order valence-electron chi connectivity index (χ2n) is 5.42. The zero-order chi connectivity index (χ0) is 15.4. The van der Waals surface area contributed by atoms with Crippen molar-refractivity contribution in [3.8, 4) is 0 Å². The van der Waals surface area contributed by atoms with Gasteiger partial charge in [0.05, 0.1) is 24.0 Å². The summed E-state index contributed by atoms with van der Waals surface area (Å²) in [5, 5.41) is 3.40. The van der Waals surface area contributed by atoms with Gasteiger partial charge >= 0.3 is 0 Å². The van der Waals surface area contributed by atoms with Crippen LogP contribution in [0.15, 0.2) is 29.1 Å². The molecule has 0 radical (unpaired) electrons. The lowest BCUT2D eigenvalue weighted by atomic mass is 10.2. The van der Waals surface area contributed by atoms with Crippen LogP contribution in [0.2, 0.25) is 0 Å². The molecule has 0 saturated carbocycles. The number of H-pyrrole nitrogens is 1. The summed E-state index contributed by atoms with van der Waals surface area (Å²) in [6.07, 6.45) is 0. The number of likely N-dealkylation sites (N-methyl/N-ethyl adjacent to an activating group) is 1. The molecule has 1 heterocycles. The minimum atomic E-state index is -0.157. The number of hydrogen-bond donors (Lipinski definition) is 2. The van der Waals surface area contributed by atoms with E-state index >= 15 is 0 Å². The molecule has 6 nitrogen and oxygen atoms in total. The summed E-state index contributed by atoms with van der Waals surface area (Å²) in [5.74, 6) is 0.509. The van der Waals surface area contributed by atoms with Gasteiger partial charge in [-0.1, -0.05) is 12.1 Å². The molecule has 0 aliphatic rings. The molecule has 0 aliphatic carbocycles. The van der Waals surface area contributed by atoms with Crippen LogP contribution in [0.3, 0.4) is 0 Å². The lowest BCUT2D eigenvalue weighted by molar-refractivity contribution is -0.122. The van der Waals surface area contributed by atoms with Crippen LogP contribution >= 0.6 is 0 Å². The van der Waals surface area contributed by atoms with Crippen LogP contribution < -0.4 is 10.9 Å². The van der Waals surface area contributed by atoms with Crippen LogP contribution in [0.1, 0.15) is 19.7 Å². The van der Waals surface area contributed by atoms with Crippen molar-refractivity contribution in [2.45, 2.75) is 26.4 Å². The molecule has 0 fully saturated rings. The second-order valence-corrected chi connectivity index (χ2v) is 5.42. The maximum Gasteiger partial charge on any atom is 0.258 e. The van der Waals surface area contributed by atoms with Crippen LogP contribution in [0.25, 0.3) is 10.9 Å². The molecule has 1 amide bonds. The molecular weight excluding hydrogens is 268 g/mol. The maximum atomic E-state index is 12.0. The standard InChI is InChI=1S/C15H20N4O2/c1-10(2)16-14(20)9-19(3)8-13-17-12-7-5-4-6-11(12)15(21)18-13/h4-7,10H,8-9H2,1-3H3,(H,16,20)(H,17,18,21). The molecule has 1 aromatic carbocycles. The lowest BCUT2D eigenvalue weighted by Gasteiger charge is -2.17. The highest BCUT2D eigenvalue weighted by Gasteiger charge is 2.10. The highest BCUT2D eigenvalue weighted by Crippen LogP contribution is 2.06. The molecule has 2 rings (SSSR count). The van der Waals surface area contributed by atoms with Gasteiger partial charge in [-0.15, -0.1) is 0 Å². The Morgan fingerprint density at radius 1 is 1.38 bits per heavy atom. The number of amides is 1. The number of nitrogens with one attached hydrogen (secondary N) is 2. The van der Waals surface area contributed by atoms with Crippen LogP contribution in [0.5, 0.6) is 0 Å². The van der Waals surface area contributed by atoms with E-state index in [0.717, 1.165) is 0 Å². The summed E-state index contributed by atoms with van der Waals surface area (Å²) in [6.45, 7) is 4.50. The van der Waals surface area contributed by atoms with E-state index in [4.69, 9.17) is 0 Å². The van der Waals surface area contributed by atoms with Crippen molar-refractivity contribution >= 4 is 16.8 Å². The lowest BCUT2D eigenvalue weighted by Crippen LogP contribution is -2.38. The zero-order valence-corrected chi connectivity index (χ0v) is 12.5.